The minimum absolute atomic E-state index is 0.217. The van der Waals surface area contributed by atoms with Crippen LogP contribution in [0.25, 0.3) is 0 Å². The molecule has 2 heterocycles. The molecule has 1 aromatic rings. The van der Waals surface area contributed by atoms with Crippen molar-refractivity contribution in [3.05, 3.63) is 17.8 Å². The van der Waals surface area contributed by atoms with E-state index in [0.29, 0.717) is 11.7 Å². The summed E-state index contributed by atoms with van der Waals surface area (Å²) in [6, 6.07) is 3.34. The van der Waals surface area contributed by atoms with Gasteiger partial charge in [0.25, 0.3) is 0 Å². The Morgan fingerprint density at radius 1 is 1.44 bits per heavy atom. The second-order valence-corrected chi connectivity index (χ2v) is 4.23. The Bertz CT molecular complexity index is 388. The van der Waals surface area contributed by atoms with Crippen LogP contribution in [-0.4, -0.2) is 43.0 Å². The van der Waals surface area contributed by atoms with Crippen molar-refractivity contribution < 1.29 is 14.3 Å². The molecule has 0 saturated carbocycles. The third-order valence-corrected chi connectivity index (χ3v) is 2.97. The summed E-state index contributed by atoms with van der Waals surface area (Å²) < 4.78 is 9.85. The van der Waals surface area contributed by atoms with Crippen molar-refractivity contribution in [2.24, 2.45) is 5.92 Å². The van der Waals surface area contributed by atoms with Gasteiger partial charge in [0.2, 0.25) is 0 Å². The highest BCUT2D eigenvalue weighted by molar-refractivity contribution is 5.86. The van der Waals surface area contributed by atoms with E-state index in [2.05, 4.69) is 20.3 Å². The standard InChI is InChI=1S/C12H17N3O3/c1-17-12(16)10-2-3-11(15-14-10)13-8-9-4-6-18-7-5-9/h2-3,9H,4-8H2,1H3,(H,13,15). The molecule has 0 radical (unpaired) electrons. The van der Waals surface area contributed by atoms with Crippen molar-refractivity contribution in [1.29, 1.82) is 0 Å². The number of ether oxygens (including phenoxy) is 2. The Kier molecular flexibility index (Phi) is 4.46. The molecule has 0 unspecified atom stereocenters. The zero-order chi connectivity index (χ0) is 12.8. The zero-order valence-corrected chi connectivity index (χ0v) is 10.4. The van der Waals surface area contributed by atoms with Gasteiger partial charge in [-0.05, 0) is 30.9 Å². The number of nitrogens with zero attached hydrogens (tertiary/aromatic N) is 2. The van der Waals surface area contributed by atoms with E-state index in [1.54, 1.807) is 12.1 Å². The van der Waals surface area contributed by atoms with Gasteiger partial charge in [-0.1, -0.05) is 0 Å². The van der Waals surface area contributed by atoms with Crippen molar-refractivity contribution in [3.8, 4) is 0 Å². The van der Waals surface area contributed by atoms with Crippen molar-refractivity contribution in [3.63, 3.8) is 0 Å². The first-order valence-electron chi connectivity index (χ1n) is 6.03. The normalized spacial score (nSPS) is 16.3. The van der Waals surface area contributed by atoms with E-state index in [-0.39, 0.29) is 5.69 Å². The Hall–Kier alpha value is -1.69. The summed E-state index contributed by atoms with van der Waals surface area (Å²) in [5.74, 6) is 0.813. The third-order valence-electron chi connectivity index (χ3n) is 2.97. The third kappa shape index (κ3) is 3.40. The van der Waals surface area contributed by atoms with Crippen LogP contribution < -0.4 is 5.32 Å². The molecular weight excluding hydrogens is 234 g/mol. The van der Waals surface area contributed by atoms with Gasteiger partial charge in [0, 0.05) is 19.8 Å². The average molecular weight is 251 g/mol. The van der Waals surface area contributed by atoms with Crippen LogP contribution in [0, 0.1) is 5.92 Å². The molecule has 2 rings (SSSR count). The predicted molar refractivity (Wildman–Crippen MR) is 65.4 cm³/mol. The summed E-state index contributed by atoms with van der Waals surface area (Å²) in [6.07, 6.45) is 2.14. The van der Waals surface area contributed by atoms with E-state index in [1.165, 1.54) is 7.11 Å². The molecule has 0 atom stereocenters. The van der Waals surface area contributed by atoms with Crippen LogP contribution in [0.2, 0.25) is 0 Å². The molecule has 0 spiro atoms. The van der Waals surface area contributed by atoms with E-state index < -0.39 is 5.97 Å². The number of carbonyl (C=O) groups excluding carboxylic acids is 1. The monoisotopic (exact) mass is 251 g/mol. The molecule has 1 aliphatic heterocycles. The van der Waals surface area contributed by atoms with Gasteiger partial charge in [-0.25, -0.2) is 4.79 Å². The molecule has 0 amide bonds. The number of carbonyl (C=O) groups is 1. The van der Waals surface area contributed by atoms with Crippen molar-refractivity contribution >= 4 is 11.8 Å². The van der Waals surface area contributed by atoms with Gasteiger partial charge in [-0.3, -0.25) is 0 Å². The fourth-order valence-electron chi connectivity index (χ4n) is 1.84. The Balaban J connectivity index is 1.84. The van der Waals surface area contributed by atoms with Crippen molar-refractivity contribution in [2.45, 2.75) is 12.8 Å². The summed E-state index contributed by atoms with van der Waals surface area (Å²) in [5, 5.41) is 11.0. The highest BCUT2D eigenvalue weighted by Crippen LogP contribution is 2.15. The van der Waals surface area contributed by atoms with Crippen LogP contribution in [0.15, 0.2) is 12.1 Å². The van der Waals surface area contributed by atoms with Crippen LogP contribution >= 0.6 is 0 Å². The smallest absolute Gasteiger partial charge is 0.358 e. The van der Waals surface area contributed by atoms with Crippen LogP contribution in [0.4, 0.5) is 5.82 Å². The first-order chi connectivity index (χ1) is 8.79. The molecule has 98 valence electrons. The second kappa shape index (κ2) is 6.30. The molecule has 1 N–H and O–H groups in total. The lowest BCUT2D eigenvalue weighted by Gasteiger charge is -2.22. The highest BCUT2D eigenvalue weighted by atomic mass is 16.5. The second-order valence-electron chi connectivity index (χ2n) is 4.23. The number of nitrogens with one attached hydrogen (secondary N) is 1. The Morgan fingerprint density at radius 3 is 2.83 bits per heavy atom. The summed E-state index contributed by atoms with van der Waals surface area (Å²) >= 11 is 0. The summed E-state index contributed by atoms with van der Waals surface area (Å²) in [7, 11) is 1.32. The predicted octanol–water partition coefficient (Wildman–Crippen LogP) is 1.10. The number of hydrogen-bond acceptors (Lipinski definition) is 6. The minimum Gasteiger partial charge on any atom is -0.464 e. The number of esters is 1. The van der Waals surface area contributed by atoms with E-state index in [4.69, 9.17) is 4.74 Å². The molecule has 0 aromatic carbocycles. The number of rotatable bonds is 4. The number of aromatic nitrogens is 2. The molecule has 18 heavy (non-hydrogen) atoms. The summed E-state index contributed by atoms with van der Waals surface area (Å²) in [6.45, 7) is 2.52. The van der Waals surface area contributed by atoms with Gasteiger partial charge in [0.05, 0.1) is 7.11 Å². The summed E-state index contributed by atoms with van der Waals surface area (Å²) in [5.41, 5.74) is 0.217. The summed E-state index contributed by atoms with van der Waals surface area (Å²) in [4.78, 5) is 11.2. The maximum Gasteiger partial charge on any atom is 0.358 e. The fraction of sp³-hybridized carbons (Fsp3) is 0.583. The molecule has 0 bridgehead atoms. The fourth-order valence-corrected chi connectivity index (χ4v) is 1.84. The van der Waals surface area contributed by atoms with E-state index >= 15 is 0 Å². The van der Waals surface area contributed by atoms with Gasteiger partial charge in [0.1, 0.15) is 5.82 Å². The van der Waals surface area contributed by atoms with Crippen LogP contribution in [0.5, 0.6) is 0 Å². The molecule has 1 fully saturated rings. The number of methoxy groups -OCH3 is 1. The van der Waals surface area contributed by atoms with Gasteiger partial charge in [0.15, 0.2) is 5.69 Å². The highest BCUT2D eigenvalue weighted by Gasteiger charge is 2.14. The maximum atomic E-state index is 11.2. The SMILES string of the molecule is COC(=O)c1ccc(NCC2CCOCC2)nn1. The lowest BCUT2D eigenvalue weighted by molar-refractivity contribution is 0.0592. The molecule has 1 aliphatic rings. The topological polar surface area (TPSA) is 73.3 Å². The maximum absolute atomic E-state index is 11.2. The number of hydrogen-bond donors (Lipinski definition) is 1. The molecular formula is C12H17N3O3. The van der Waals surface area contributed by atoms with Crippen LogP contribution in [0.1, 0.15) is 23.3 Å². The first-order valence-corrected chi connectivity index (χ1v) is 6.03. The first kappa shape index (κ1) is 12.8. The molecule has 6 nitrogen and oxygen atoms in total. The van der Waals surface area contributed by atoms with E-state index in [1.807, 2.05) is 0 Å². The van der Waals surface area contributed by atoms with Crippen molar-refractivity contribution in [1.82, 2.24) is 10.2 Å². The van der Waals surface area contributed by atoms with Gasteiger partial charge in [-0.15, -0.1) is 10.2 Å². The van der Waals surface area contributed by atoms with Gasteiger partial charge >= 0.3 is 5.97 Å². The average Bonchev–Trinajstić information content (AvgIpc) is 2.46. The lowest BCUT2D eigenvalue weighted by Crippen LogP contribution is -2.23. The van der Waals surface area contributed by atoms with E-state index in [9.17, 15) is 4.79 Å². The van der Waals surface area contributed by atoms with Crippen LogP contribution in [0.3, 0.4) is 0 Å². The zero-order valence-electron chi connectivity index (χ0n) is 10.4. The molecule has 1 aromatic heterocycles. The lowest BCUT2D eigenvalue weighted by atomic mass is 10.0. The van der Waals surface area contributed by atoms with Gasteiger partial charge in [-0.2, -0.15) is 0 Å². The molecule has 0 aliphatic carbocycles. The van der Waals surface area contributed by atoms with Crippen LogP contribution in [-0.2, 0) is 9.47 Å². The number of anilines is 1. The quantitative estimate of drug-likeness (QED) is 0.808. The van der Waals surface area contributed by atoms with Gasteiger partial charge < -0.3 is 14.8 Å². The minimum atomic E-state index is -0.474. The molecule has 6 heteroatoms. The Labute approximate surface area is 106 Å². The van der Waals surface area contributed by atoms with Crippen molar-refractivity contribution in [2.75, 3.05) is 32.2 Å². The molecule has 1 saturated heterocycles. The van der Waals surface area contributed by atoms with E-state index in [0.717, 1.165) is 32.6 Å². The Morgan fingerprint density at radius 2 is 2.22 bits per heavy atom. The largest absolute Gasteiger partial charge is 0.464 e.